The lowest BCUT2D eigenvalue weighted by Crippen LogP contribution is -2.51. The Morgan fingerprint density at radius 2 is 1.88 bits per heavy atom. The van der Waals surface area contributed by atoms with Crippen LogP contribution >= 0.6 is 0 Å². The van der Waals surface area contributed by atoms with Crippen molar-refractivity contribution in [2.45, 2.75) is 12.5 Å². The van der Waals surface area contributed by atoms with Crippen LogP contribution in [0.3, 0.4) is 0 Å². The van der Waals surface area contributed by atoms with E-state index in [2.05, 4.69) is 15.6 Å². The lowest BCUT2D eigenvalue weighted by molar-refractivity contribution is -0.127. The summed E-state index contributed by atoms with van der Waals surface area (Å²) < 4.78 is 39.9. The first-order valence-electron chi connectivity index (χ1n) is 10.3. The summed E-state index contributed by atoms with van der Waals surface area (Å²) in [4.78, 5) is 29.8. The molecule has 3 rings (SSSR count). The molecule has 1 heterocycles. The lowest BCUT2D eigenvalue weighted by atomic mass is 10.1. The number of hydrogen-bond acceptors (Lipinski definition) is 3. The first-order valence-corrected chi connectivity index (χ1v) is 10.3. The monoisotopic (exact) mass is 458 g/mol. The second-order valence-electron chi connectivity index (χ2n) is 7.88. The first kappa shape index (κ1) is 24.1. The Balaban J connectivity index is 1.58. The number of fused-ring (bicyclic) bond motifs is 1. The molecule has 2 amide bonds. The van der Waals surface area contributed by atoms with Crippen LogP contribution in [0.5, 0.6) is 0 Å². The Labute approximate surface area is 189 Å². The number of carbonyl (C=O) groups is 2. The highest BCUT2D eigenvalue weighted by Gasteiger charge is 2.20. The minimum absolute atomic E-state index is 0.259. The summed E-state index contributed by atoms with van der Waals surface area (Å²) in [7, 11) is 3.54. The van der Waals surface area contributed by atoms with Gasteiger partial charge in [0.15, 0.2) is 11.6 Å². The van der Waals surface area contributed by atoms with Crippen LogP contribution in [-0.4, -0.2) is 54.9 Å². The van der Waals surface area contributed by atoms with Crippen LogP contribution in [0.4, 0.5) is 13.2 Å². The summed E-state index contributed by atoms with van der Waals surface area (Å²) in [5, 5.41) is 6.17. The van der Waals surface area contributed by atoms with Crippen LogP contribution in [0.1, 0.15) is 11.1 Å². The molecule has 6 nitrogen and oxygen atoms in total. The van der Waals surface area contributed by atoms with Gasteiger partial charge in [0.05, 0.1) is 0 Å². The van der Waals surface area contributed by atoms with E-state index in [1.54, 1.807) is 31.3 Å². The predicted octanol–water partition coefficient (Wildman–Crippen LogP) is 3.00. The van der Waals surface area contributed by atoms with Gasteiger partial charge in [0, 0.05) is 36.3 Å². The maximum absolute atomic E-state index is 13.5. The summed E-state index contributed by atoms with van der Waals surface area (Å²) in [5.74, 6) is -3.24. The Morgan fingerprint density at radius 3 is 2.61 bits per heavy atom. The third kappa shape index (κ3) is 6.69. The van der Waals surface area contributed by atoms with Gasteiger partial charge in [-0.15, -0.1) is 0 Å². The van der Waals surface area contributed by atoms with Crippen molar-refractivity contribution in [1.29, 1.82) is 0 Å². The van der Waals surface area contributed by atoms with E-state index in [9.17, 15) is 22.8 Å². The number of nitrogens with one attached hydrogen (secondary N) is 3. The molecule has 1 aromatic heterocycles. The number of likely N-dealkylation sites (N-methyl/N-ethyl adjacent to an activating group) is 1. The largest absolute Gasteiger partial charge is 0.361 e. The zero-order valence-corrected chi connectivity index (χ0v) is 18.3. The van der Waals surface area contributed by atoms with Crippen LogP contribution in [0.15, 0.2) is 48.7 Å². The molecular formula is C24H25F3N4O2. The van der Waals surface area contributed by atoms with Gasteiger partial charge in [-0.2, -0.15) is 0 Å². The van der Waals surface area contributed by atoms with E-state index in [1.165, 1.54) is 24.3 Å². The van der Waals surface area contributed by atoms with Gasteiger partial charge in [-0.05, 0) is 68.1 Å². The second kappa shape index (κ2) is 10.8. The van der Waals surface area contributed by atoms with E-state index in [0.717, 1.165) is 34.7 Å². The number of hydrogen-bond donors (Lipinski definition) is 3. The Hall–Kier alpha value is -3.59. The average molecular weight is 458 g/mol. The second-order valence-corrected chi connectivity index (χ2v) is 7.88. The number of aromatic amines is 1. The molecule has 174 valence electrons. The standard InChI is InChI=1S/C24H25F3N4O2/c1-31(2)14-22(30-23(32)8-4-15-3-6-19(26)20(27)11-15)24(33)28-10-9-16-13-29-21-7-5-17(25)12-18(16)21/h3-8,11-13,22,29H,9-10,14H2,1-2H3,(H,28,33)(H,30,32). The van der Waals surface area contributed by atoms with Crippen LogP contribution in [0, 0.1) is 17.5 Å². The summed E-state index contributed by atoms with van der Waals surface area (Å²) in [6.45, 7) is 0.557. The summed E-state index contributed by atoms with van der Waals surface area (Å²) >= 11 is 0. The maximum Gasteiger partial charge on any atom is 0.244 e. The van der Waals surface area contributed by atoms with Gasteiger partial charge >= 0.3 is 0 Å². The minimum Gasteiger partial charge on any atom is -0.361 e. The molecule has 9 heteroatoms. The van der Waals surface area contributed by atoms with E-state index in [-0.39, 0.29) is 18.3 Å². The van der Waals surface area contributed by atoms with Gasteiger partial charge in [-0.25, -0.2) is 13.2 Å². The Morgan fingerprint density at radius 1 is 1.09 bits per heavy atom. The van der Waals surface area contributed by atoms with Crippen LogP contribution < -0.4 is 10.6 Å². The smallest absolute Gasteiger partial charge is 0.244 e. The molecule has 0 fully saturated rings. The topological polar surface area (TPSA) is 77.2 Å². The molecule has 1 atom stereocenters. The number of halogens is 3. The number of carbonyl (C=O) groups excluding carboxylic acids is 2. The Kier molecular flexibility index (Phi) is 7.89. The molecule has 0 saturated heterocycles. The molecule has 0 aliphatic heterocycles. The van der Waals surface area contributed by atoms with Gasteiger partial charge < -0.3 is 20.5 Å². The summed E-state index contributed by atoms with van der Waals surface area (Å²) in [6, 6.07) is 6.92. The molecule has 0 bridgehead atoms. The third-order valence-electron chi connectivity index (χ3n) is 4.97. The highest BCUT2D eigenvalue weighted by molar-refractivity contribution is 5.95. The van der Waals surface area contributed by atoms with Crippen molar-refractivity contribution in [3.63, 3.8) is 0 Å². The van der Waals surface area contributed by atoms with Crippen molar-refractivity contribution in [3.05, 3.63) is 77.2 Å². The van der Waals surface area contributed by atoms with Gasteiger partial charge in [0.2, 0.25) is 11.8 Å². The van der Waals surface area contributed by atoms with E-state index in [4.69, 9.17) is 0 Å². The zero-order valence-electron chi connectivity index (χ0n) is 18.3. The number of benzene rings is 2. The third-order valence-corrected chi connectivity index (χ3v) is 4.97. The summed E-state index contributed by atoms with van der Waals surface area (Å²) in [6.07, 6.45) is 4.74. The SMILES string of the molecule is CN(C)CC(NC(=O)C=Cc1ccc(F)c(F)c1)C(=O)NCCc1c[nH]c2ccc(F)cc12. The minimum atomic E-state index is -1.01. The van der Waals surface area contributed by atoms with Crippen LogP contribution in [0.2, 0.25) is 0 Å². The van der Waals surface area contributed by atoms with Crippen LogP contribution in [-0.2, 0) is 16.0 Å². The molecular weight excluding hydrogens is 433 g/mol. The van der Waals surface area contributed by atoms with Crippen molar-refractivity contribution < 1.29 is 22.8 Å². The molecule has 1 unspecified atom stereocenters. The van der Waals surface area contributed by atoms with Crippen molar-refractivity contribution in [3.8, 4) is 0 Å². The number of nitrogens with zero attached hydrogens (tertiary/aromatic N) is 1. The molecule has 33 heavy (non-hydrogen) atoms. The van der Waals surface area contributed by atoms with E-state index in [1.807, 2.05) is 0 Å². The fourth-order valence-electron chi connectivity index (χ4n) is 3.37. The normalized spacial score (nSPS) is 12.4. The van der Waals surface area contributed by atoms with Gasteiger partial charge in [0.25, 0.3) is 0 Å². The molecule has 0 spiro atoms. The average Bonchev–Trinajstić information content (AvgIpc) is 3.15. The molecule has 2 aromatic carbocycles. The quantitative estimate of drug-likeness (QED) is 0.432. The number of aromatic nitrogens is 1. The van der Waals surface area contributed by atoms with E-state index in [0.29, 0.717) is 18.5 Å². The molecule has 0 saturated carbocycles. The van der Waals surface area contributed by atoms with E-state index >= 15 is 0 Å². The molecule has 0 radical (unpaired) electrons. The number of rotatable bonds is 9. The van der Waals surface area contributed by atoms with Gasteiger partial charge in [0.1, 0.15) is 11.9 Å². The predicted molar refractivity (Wildman–Crippen MR) is 121 cm³/mol. The highest BCUT2D eigenvalue weighted by Crippen LogP contribution is 2.19. The fraction of sp³-hybridized carbons (Fsp3) is 0.250. The molecule has 3 N–H and O–H groups in total. The van der Waals surface area contributed by atoms with Crippen LogP contribution in [0.25, 0.3) is 17.0 Å². The maximum atomic E-state index is 13.5. The van der Waals surface area contributed by atoms with Gasteiger partial charge in [-0.1, -0.05) is 6.07 Å². The van der Waals surface area contributed by atoms with Crippen molar-refractivity contribution in [1.82, 2.24) is 20.5 Å². The van der Waals surface area contributed by atoms with Crippen molar-refractivity contribution in [2.75, 3.05) is 27.2 Å². The Bertz CT molecular complexity index is 1170. The molecule has 0 aliphatic carbocycles. The van der Waals surface area contributed by atoms with Crippen molar-refractivity contribution in [2.24, 2.45) is 0 Å². The van der Waals surface area contributed by atoms with E-state index < -0.39 is 23.6 Å². The fourth-order valence-corrected chi connectivity index (χ4v) is 3.37. The molecule has 3 aromatic rings. The highest BCUT2D eigenvalue weighted by atomic mass is 19.2. The van der Waals surface area contributed by atoms with Crippen molar-refractivity contribution >= 4 is 28.8 Å². The lowest BCUT2D eigenvalue weighted by Gasteiger charge is -2.21. The zero-order chi connectivity index (χ0) is 24.0. The number of H-pyrrole nitrogens is 1. The summed E-state index contributed by atoms with van der Waals surface area (Å²) in [5.41, 5.74) is 1.99. The molecule has 0 aliphatic rings. The number of amides is 2. The van der Waals surface area contributed by atoms with Gasteiger partial charge in [-0.3, -0.25) is 9.59 Å². The first-order chi connectivity index (χ1) is 15.7.